The zero-order valence-corrected chi connectivity index (χ0v) is 17.9. The highest BCUT2D eigenvalue weighted by molar-refractivity contribution is 6.05. The van der Waals surface area contributed by atoms with Gasteiger partial charge in [-0.25, -0.2) is 9.18 Å². The number of nitrogens with one attached hydrogen (secondary N) is 2. The van der Waals surface area contributed by atoms with Gasteiger partial charge in [-0.05, 0) is 53.4 Å². The molecule has 6 N–H and O–H groups in total. The molecule has 1 saturated carbocycles. The van der Waals surface area contributed by atoms with Crippen LogP contribution in [-0.2, 0) is 17.9 Å². The van der Waals surface area contributed by atoms with Gasteiger partial charge < -0.3 is 26.8 Å². The molecule has 2 atom stereocenters. The van der Waals surface area contributed by atoms with Gasteiger partial charge >= 0.3 is 6.09 Å². The number of nitrogens with two attached hydrogens (primary N) is 2. The maximum absolute atomic E-state index is 13.1. The number of nitrogen functional groups attached to an aromatic ring is 1. The molecule has 3 aromatic rings. The van der Waals surface area contributed by atoms with Crippen LogP contribution in [0.5, 0.6) is 0 Å². The minimum Gasteiger partial charge on any atom is -0.445 e. The molecule has 170 valence electrons. The summed E-state index contributed by atoms with van der Waals surface area (Å²) in [6.07, 6.45) is 0.490. The predicted molar refractivity (Wildman–Crippen MR) is 124 cm³/mol. The Morgan fingerprint density at radius 2 is 1.67 bits per heavy atom. The van der Waals surface area contributed by atoms with Crippen molar-refractivity contribution >= 4 is 23.4 Å². The summed E-state index contributed by atoms with van der Waals surface area (Å²) in [6.45, 7) is 0.429. The first-order chi connectivity index (χ1) is 15.9. The number of anilines is 2. The van der Waals surface area contributed by atoms with Gasteiger partial charge in [-0.15, -0.1) is 0 Å². The average Bonchev–Trinajstić information content (AvgIpc) is 3.55. The second kappa shape index (κ2) is 9.70. The number of alkyl carbamates (subject to hydrolysis) is 1. The molecule has 33 heavy (non-hydrogen) atoms. The van der Waals surface area contributed by atoms with Gasteiger partial charge in [0.05, 0.1) is 11.4 Å². The molecule has 1 fully saturated rings. The van der Waals surface area contributed by atoms with Crippen molar-refractivity contribution in [1.82, 2.24) is 5.32 Å². The van der Waals surface area contributed by atoms with E-state index in [4.69, 9.17) is 16.2 Å². The van der Waals surface area contributed by atoms with Gasteiger partial charge in [-0.2, -0.15) is 0 Å². The molecular weight excluding hydrogens is 423 g/mol. The average molecular weight is 448 g/mol. The Morgan fingerprint density at radius 3 is 2.30 bits per heavy atom. The van der Waals surface area contributed by atoms with E-state index in [9.17, 15) is 14.0 Å². The summed E-state index contributed by atoms with van der Waals surface area (Å²) in [5, 5.41) is 5.33. The number of ether oxygens (including phenoxy) is 1. The summed E-state index contributed by atoms with van der Waals surface area (Å²) in [5.41, 5.74) is 15.4. The van der Waals surface area contributed by atoms with Crippen LogP contribution >= 0.6 is 0 Å². The van der Waals surface area contributed by atoms with Crippen LogP contribution < -0.4 is 22.1 Å². The fourth-order valence-electron chi connectivity index (χ4n) is 3.45. The van der Waals surface area contributed by atoms with Crippen molar-refractivity contribution < 1.29 is 18.7 Å². The van der Waals surface area contributed by atoms with E-state index in [-0.39, 0.29) is 30.8 Å². The molecule has 1 unspecified atom stereocenters. The molecule has 0 aromatic heterocycles. The molecule has 0 bridgehead atoms. The minimum atomic E-state index is -0.531. The van der Waals surface area contributed by atoms with Crippen LogP contribution in [0, 0.1) is 5.82 Å². The Labute approximate surface area is 190 Å². The topological polar surface area (TPSA) is 119 Å². The van der Waals surface area contributed by atoms with Crippen molar-refractivity contribution in [1.29, 1.82) is 0 Å². The zero-order chi connectivity index (χ0) is 23.4. The van der Waals surface area contributed by atoms with Gasteiger partial charge in [-0.1, -0.05) is 36.4 Å². The second-order valence-electron chi connectivity index (χ2n) is 8.06. The molecule has 0 heterocycles. The lowest BCUT2D eigenvalue weighted by atomic mass is 10.1. The standard InChI is InChI=1S/C25H25FN4O3/c26-19-9-10-23(22(28)11-19)30-24(31)18-7-1-15(2-8-18)13-29-25(32)33-14-16-3-5-17(6-4-16)20-12-21(20)27/h1-11,20-21H,12-14,27-28H2,(H,29,32)(H,30,31)/t20?,21-/m0/s1. The third kappa shape index (κ3) is 5.87. The van der Waals surface area contributed by atoms with E-state index in [2.05, 4.69) is 10.6 Å². The van der Waals surface area contributed by atoms with Crippen LogP contribution in [0.1, 0.15) is 39.4 Å². The third-order valence-electron chi connectivity index (χ3n) is 5.53. The quantitative estimate of drug-likeness (QED) is 0.409. The summed E-state index contributed by atoms with van der Waals surface area (Å²) in [7, 11) is 0. The van der Waals surface area contributed by atoms with Gasteiger partial charge in [0.2, 0.25) is 0 Å². The lowest BCUT2D eigenvalue weighted by Gasteiger charge is -2.10. The molecule has 0 spiro atoms. The van der Waals surface area contributed by atoms with Crippen molar-refractivity contribution in [2.75, 3.05) is 11.1 Å². The maximum atomic E-state index is 13.1. The molecule has 0 aliphatic heterocycles. The summed E-state index contributed by atoms with van der Waals surface area (Å²) in [6, 6.07) is 18.7. The molecule has 0 saturated heterocycles. The highest BCUT2D eigenvalue weighted by Gasteiger charge is 2.34. The fourth-order valence-corrected chi connectivity index (χ4v) is 3.45. The van der Waals surface area contributed by atoms with Gasteiger partial charge in [0.1, 0.15) is 12.4 Å². The van der Waals surface area contributed by atoms with Crippen LogP contribution in [0.2, 0.25) is 0 Å². The van der Waals surface area contributed by atoms with Gasteiger partial charge in [0, 0.05) is 24.1 Å². The first kappa shape index (κ1) is 22.3. The normalized spacial score (nSPS) is 16.7. The van der Waals surface area contributed by atoms with E-state index in [1.54, 1.807) is 24.3 Å². The van der Waals surface area contributed by atoms with E-state index in [0.717, 1.165) is 23.6 Å². The molecule has 7 nitrogen and oxygen atoms in total. The summed E-state index contributed by atoms with van der Waals surface area (Å²) in [5.74, 6) is -0.402. The van der Waals surface area contributed by atoms with Crippen molar-refractivity contribution in [3.8, 4) is 0 Å². The number of hydrogen-bond acceptors (Lipinski definition) is 5. The largest absolute Gasteiger partial charge is 0.445 e. The predicted octanol–water partition coefficient (Wildman–Crippen LogP) is 3.90. The van der Waals surface area contributed by atoms with E-state index >= 15 is 0 Å². The smallest absolute Gasteiger partial charge is 0.407 e. The van der Waals surface area contributed by atoms with Gasteiger partial charge in [0.25, 0.3) is 5.91 Å². The third-order valence-corrected chi connectivity index (χ3v) is 5.53. The molecule has 8 heteroatoms. The van der Waals surface area contributed by atoms with Crippen molar-refractivity contribution in [3.63, 3.8) is 0 Å². The molecule has 1 aliphatic rings. The summed E-state index contributed by atoms with van der Waals surface area (Å²) in [4.78, 5) is 24.4. The number of carbonyl (C=O) groups is 2. The zero-order valence-electron chi connectivity index (χ0n) is 17.9. The first-order valence-corrected chi connectivity index (χ1v) is 10.6. The van der Waals surface area contributed by atoms with E-state index < -0.39 is 11.9 Å². The maximum Gasteiger partial charge on any atom is 0.407 e. The van der Waals surface area contributed by atoms with E-state index in [1.165, 1.54) is 17.7 Å². The number of benzene rings is 3. The molecule has 1 aliphatic carbocycles. The Morgan fingerprint density at radius 1 is 1.00 bits per heavy atom. The Balaban J connectivity index is 1.22. The highest BCUT2D eigenvalue weighted by atomic mass is 19.1. The van der Waals surface area contributed by atoms with Gasteiger partial charge in [-0.3, -0.25) is 4.79 Å². The van der Waals surface area contributed by atoms with Crippen LogP contribution in [0.15, 0.2) is 66.7 Å². The van der Waals surface area contributed by atoms with E-state index in [1.807, 2.05) is 24.3 Å². The molecule has 4 rings (SSSR count). The second-order valence-corrected chi connectivity index (χ2v) is 8.06. The number of amides is 2. The van der Waals surface area contributed by atoms with Crippen LogP contribution in [0.3, 0.4) is 0 Å². The van der Waals surface area contributed by atoms with Crippen LogP contribution in [-0.4, -0.2) is 18.0 Å². The first-order valence-electron chi connectivity index (χ1n) is 10.6. The number of carbonyl (C=O) groups excluding carboxylic acids is 2. The molecular formula is C25H25FN4O3. The number of hydrogen-bond donors (Lipinski definition) is 4. The van der Waals surface area contributed by atoms with Crippen LogP contribution in [0.4, 0.5) is 20.6 Å². The SMILES string of the molecule is Nc1cc(F)ccc1NC(=O)c1ccc(CNC(=O)OCc2ccc(C3C[C@@H]3N)cc2)cc1. The van der Waals surface area contributed by atoms with Crippen molar-refractivity contribution in [2.45, 2.75) is 31.5 Å². The molecule has 0 radical (unpaired) electrons. The summed E-state index contributed by atoms with van der Waals surface area (Å²) < 4.78 is 18.4. The lowest BCUT2D eigenvalue weighted by Crippen LogP contribution is -2.23. The van der Waals surface area contributed by atoms with Crippen LogP contribution in [0.25, 0.3) is 0 Å². The lowest BCUT2D eigenvalue weighted by molar-refractivity contribution is 0.102. The Hall–Kier alpha value is -3.91. The number of rotatable bonds is 7. The van der Waals surface area contributed by atoms with Crippen molar-refractivity contribution in [2.24, 2.45) is 5.73 Å². The monoisotopic (exact) mass is 448 g/mol. The fraction of sp³-hybridized carbons (Fsp3) is 0.200. The Kier molecular flexibility index (Phi) is 6.55. The summed E-state index contributed by atoms with van der Waals surface area (Å²) >= 11 is 0. The van der Waals surface area contributed by atoms with Crippen molar-refractivity contribution in [3.05, 3.63) is 94.8 Å². The molecule has 2 amide bonds. The van der Waals surface area contributed by atoms with Gasteiger partial charge in [0.15, 0.2) is 0 Å². The molecule has 3 aromatic carbocycles. The minimum absolute atomic E-state index is 0.144. The van der Waals surface area contributed by atoms with E-state index in [0.29, 0.717) is 17.2 Å². The number of halogens is 1. The highest BCUT2D eigenvalue weighted by Crippen LogP contribution is 2.38. The Bertz CT molecular complexity index is 1150.